The van der Waals surface area contributed by atoms with Crippen LogP contribution in [0.5, 0.6) is 0 Å². The van der Waals surface area contributed by atoms with Crippen LogP contribution in [0.25, 0.3) is 16.7 Å². The van der Waals surface area contributed by atoms with Crippen LogP contribution in [0.15, 0.2) is 53.3 Å². The van der Waals surface area contributed by atoms with Gasteiger partial charge in [0.25, 0.3) is 5.91 Å². The summed E-state index contributed by atoms with van der Waals surface area (Å²) in [6, 6.07) is 13.5. The third-order valence-corrected chi connectivity index (χ3v) is 3.62. The topological polar surface area (TPSA) is 46.9 Å². The first-order valence-electron chi connectivity index (χ1n) is 6.14. The summed E-state index contributed by atoms with van der Waals surface area (Å²) in [7, 11) is 1.62. The van der Waals surface area contributed by atoms with Crippen molar-refractivity contribution in [3.8, 4) is 5.69 Å². The molecule has 1 N–H and O–H groups in total. The van der Waals surface area contributed by atoms with E-state index in [0.717, 1.165) is 21.2 Å². The van der Waals surface area contributed by atoms with E-state index in [1.165, 1.54) is 0 Å². The number of nitrogens with one attached hydrogen (secondary N) is 1. The number of fused-ring (bicyclic) bond motifs is 1. The van der Waals surface area contributed by atoms with Gasteiger partial charge in [-0.2, -0.15) is 0 Å². The van der Waals surface area contributed by atoms with Crippen molar-refractivity contribution in [3.05, 3.63) is 58.8 Å². The van der Waals surface area contributed by atoms with E-state index < -0.39 is 0 Å². The van der Waals surface area contributed by atoms with E-state index in [1.54, 1.807) is 25.5 Å². The van der Waals surface area contributed by atoms with Crippen LogP contribution in [0.4, 0.5) is 0 Å². The van der Waals surface area contributed by atoms with Crippen LogP contribution in [0.2, 0.25) is 0 Å². The number of carbonyl (C=O) groups excluding carboxylic acids is 1. The van der Waals surface area contributed by atoms with Gasteiger partial charge in [-0.1, -0.05) is 22.0 Å². The number of aromatic nitrogens is 2. The Balaban J connectivity index is 2.13. The van der Waals surface area contributed by atoms with Gasteiger partial charge in [0.15, 0.2) is 0 Å². The SMILES string of the molecule is CNC(=O)c1ccc2c(c1)ncn2-c1cccc(Br)c1. The largest absolute Gasteiger partial charge is 0.355 e. The minimum atomic E-state index is -0.107. The highest BCUT2D eigenvalue weighted by Gasteiger charge is 2.09. The van der Waals surface area contributed by atoms with Crippen molar-refractivity contribution in [3.63, 3.8) is 0 Å². The summed E-state index contributed by atoms with van der Waals surface area (Å²) in [5.74, 6) is -0.107. The Morgan fingerprint density at radius 1 is 1.25 bits per heavy atom. The smallest absolute Gasteiger partial charge is 0.251 e. The predicted molar refractivity (Wildman–Crippen MR) is 82.2 cm³/mol. The van der Waals surface area contributed by atoms with Crippen LogP contribution < -0.4 is 5.32 Å². The Kier molecular flexibility index (Phi) is 3.28. The molecule has 0 bridgehead atoms. The van der Waals surface area contributed by atoms with E-state index in [-0.39, 0.29) is 5.91 Å². The molecule has 5 heteroatoms. The quantitative estimate of drug-likeness (QED) is 0.785. The molecule has 0 fully saturated rings. The molecule has 1 amide bonds. The van der Waals surface area contributed by atoms with Crippen molar-refractivity contribution in [1.29, 1.82) is 0 Å². The van der Waals surface area contributed by atoms with Crippen LogP contribution >= 0.6 is 15.9 Å². The zero-order chi connectivity index (χ0) is 14.1. The highest BCUT2D eigenvalue weighted by molar-refractivity contribution is 9.10. The Hall–Kier alpha value is -2.14. The molecule has 0 aliphatic heterocycles. The summed E-state index contributed by atoms with van der Waals surface area (Å²) in [4.78, 5) is 16.0. The summed E-state index contributed by atoms with van der Waals surface area (Å²) in [6.07, 6.45) is 1.76. The fraction of sp³-hybridized carbons (Fsp3) is 0.0667. The molecule has 0 unspecified atom stereocenters. The molecule has 1 aromatic heterocycles. The maximum absolute atomic E-state index is 11.6. The summed E-state index contributed by atoms with van der Waals surface area (Å²) < 4.78 is 3.01. The molecule has 0 atom stereocenters. The van der Waals surface area contributed by atoms with E-state index in [9.17, 15) is 4.79 Å². The molecule has 0 aliphatic carbocycles. The Labute approximate surface area is 124 Å². The zero-order valence-electron chi connectivity index (χ0n) is 10.8. The average molecular weight is 330 g/mol. The summed E-state index contributed by atoms with van der Waals surface area (Å²) >= 11 is 3.47. The fourth-order valence-corrected chi connectivity index (χ4v) is 2.52. The Bertz CT molecular complexity index is 795. The van der Waals surface area contributed by atoms with Crippen molar-refractivity contribution < 1.29 is 4.79 Å². The van der Waals surface area contributed by atoms with Crippen LogP contribution in [0.1, 0.15) is 10.4 Å². The van der Waals surface area contributed by atoms with E-state index in [0.29, 0.717) is 5.56 Å². The Morgan fingerprint density at radius 3 is 2.85 bits per heavy atom. The van der Waals surface area contributed by atoms with E-state index >= 15 is 0 Å². The monoisotopic (exact) mass is 329 g/mol. The first-order chi connectivity index (χ1) is 9.69. The lowest BCUT2D eigenvalue weighted by Gasteiger charge is -2.05. The third kappa shape index (κ3) is 2.20. The van der Waals surface area contributed by atoms with Crippen LogP contribution in [0.3, 0.4) is 0 Å². The third-order valence-electron chi connectivity index (χ3n) is 3.12. The second-order valence-electron chi connectivity index (χ2n) is 4.38. The van der Waals surface area contributed by atoms with Gasteiger partial charge in [0, 0.05) is 22.8 Å². The lowest BCUT2D eigenvalue weighted by atomic mass is 10.2. The molecule has 2 aromatic carbocycles. The first-order valence-corrected chi connectivity index (χ1v) is 6.93. The lowest BCUT2D eigenvalue weighted by molar-refractivity contribution is 0.0963. The molecule has 4 nitrogen and oxygen atoms in total. The second kappa shape index (κ2) is 5.09. The number of rotatable bonds is 2. The molecule has 3 aromatic rings. The van der Waals surface area contributed by atoms with Crippen molar-refractivity contribution in [1.82, 2.24) is 14.9 Å². The van der Waals surface area contributed by atoms with Crippen LogP contribution in [-0.4, -0.2) is 22.5 Å². The van der Waals surface area contributed by atoms with Crippen LogP contribution in [0, 0.1) is 0 Å². The molecular formula is C15H12BrN3O. The highest BCUT2D eigenvalue weighted by atomic mass is 79.9. The van der Waals surface area contributed by atoms with Gasteiger partial charge in [0.05, 0.1) is 11.0 Å². The molecule has 0 saturated heterocycles. The first kappa shape index (κ1) is 12.9. The fourth-order valence-electron chi connectivity index (χ4n) is 2.13. The zero-order valence-corrected chi connectivity index (χ0v) is 12.4. The summed E-state index contributed by atoms with van der Waals surface area (Å²) in [5, 5.41) is 2.61. The van der Waals surface area contributed by atoms with E-state index in [4.69, 9.17) is 0 Å². The van der Waals surface area contributed by atoms with Gasteiger partial charge in [-0.15, -0.1) is 0 Å². The second-order valence-corrected chi connectivity index (χ2v) is 5.29. The number of hydrogen-bond acceptors (Lipinski definition) is 2. The summed E-state index contributed by atoms with van der Waals surface area (Å²) in [5.41, 5.74) is 3.40. The lowest BCUT2D eigenvalue weighted by Crippen LogP contribution is -2.17. The normalized spacial score (nSPS) is 10.7. The van der Waals surface area contributed by atoms with Crippen molar-refractivity contribution >= 4 is 32.9 Å². The van der Waals surface area contributed by atoms with Gasteiger partial charge in [-0.3, -0.25) is 9.36 Å². The van der Waals surface area contributed by atoms with Crippen LogP contribution in [-0.2, 0) is 0 Å². The average Bonchev–Trinajstić information content (AvgIpc) is 2.89. The van der Waals surface area contributed by atoms with Gasteiger partial charge in [-0.05, 0) is 36.4 Å². The minimum absolute atomic E-state index is 0.107. The number of amides is 1. The van der Waals surface area contributed by atoms with Gasteiger partial charge >= 0.3 is 0 Å². The molecule has 0 saturated carbocycles. The number of benzene rings is 2. The standard InChI is InChI=1S/C15H12BrN3O/c1-17-15(20)10-5-6-14-13(7-10)18-9-19(14)12-4-2-3-11(16)8-12/h2-9H,1H3,(H,17,20). The molecule has 0 spiro atoms. The maximum Gasteiger partial charge on any atom is 0.251 e. The van der Waals surface area contributed by atoms with Gasteiger partial charge < -0.3 is 5.32 Å². The number of carbonyl (C=O) groups is 1. The molecule has 0 radical (unpaired) electrons. The molecule has 3 rings (SSSR count). The molecular weight excluding hydrogens is 318 g/mol. The summed E-state index contributed by atoms with van der Waals surface area (Å²) in [6.45, 7) is 0. The van der Waals surface area contributed by atoms with E-state index in [1.807, 2.05) is 34.9 Å². The maximum atomic E-state index is 11.6. The highest BCUT2D eigenvalue weighted by Crippen LogP contribution is 2.21. The molecule has 100 valence electrons. The Morgan fingerprint density at radius 2 is 2.10 bits per heavy atom. The van der Waals surface area contributed by atoms with Crippen molar-refractivity contribution in [2.75, 3.05) is 7.05 Å². The number of nitrogens with zero attached hydrogens (tertiary/aromatic N) is 2. The molecule has 20 heavy (non-hydrogen) atoms. The number of hydrogen-bond donors (Lipinski definition) is 1. The van der Waals surface area contributed by atoms with Crippen molar-refractivity contribution in [2.45, 2.75) is 0 Å². The van der Waals surface area contributed by atoms with Gasteiger partial charge in [-0.25, -0.2) is 4.98 Å². The minimum Gasteiger partial charge on any atom is -0.355 e. The number of halogens is 1. The van der Waals surface area contributed by atoms with Crippen molar-refractivity contribution in [2.24, 2.45) is 0 Å². The van der Waals surface area contributed by atoms with E-state index in [2.05, 4.69) is 26.2 Å². The van der Waals surface area contributed by atoms with Gasteiger partial charge in [0.1, 0.15) is 6.33 Å². The predicted octanol–water partition coefficient (Wildman–Crippen LogP) is 3.15. The molecule has 0 aliphatic rings. The molecule has 1 heterocycles. The number of imidazole rings is 1. The van der Waals surface area contributed by atoms with Gasteiger partial charge in [0.2, 0.25) is 0 Å².